The lowest BCUT2D eigenvalue weighted by Gasteiger charge is -2.36. The fourth-order valence-electron chi connectivity index (χ4n) is 2.84. The lowest BCUT2D eigenvalue weighted by molar-refractivity contribution is -0.149. The SMILES string of the molecule is [C-]#[N+]c1cnn(C2C(Cl)CC(C(=O)OCC)CC2Cl)c1NS(C)(=O)=O. The zero-order valence-electron chi connectivity index (χ0n) is 13.6. The molecular formula is C14H18Cl2N4O4S. The number of nitrogens with one attached hydrogen (secondary N) is 1. The molecule has 0 saturated heterocycles. The van der Waals surface area contributed by atoms with Gasteiger partial charge >= 0.3 is 5.97 Å². The molecule has 2 rings (SSSR count). The van der Waals surface area contributed by atoms with Gasteiger partial charge in [0, 0.05) is 0 Å². The van der Waals surface area contributed by atoms with Crippen molar-refractivity contribution in [1.29, 1.82) is 0 Å². The number of sulfonamides is 1. The first kappa shape index (κ1) is 19.8. The van der Waals surface area contributed by atoms with E-state index in [0.29, 0.717) is 12.8 Å². The monoisotopic (exact) mass is 408 g/mol. The number of aromatic nitrogens is 2. The van der Waals surface area contributed by atoms with E-state index in [2.05, 4.69) is 14.7 Å². The van der Waals surface area contributed by atoms with Crippen LogP contribution in [0.4, 0.5) is 11.5 Å². The Morgan fingerprint density at radius 1 is 1.48 bits per heavy atom. The van der Waals surface area contributed by atoms with Gasteiger partial charge in [0.25, 0.3) is 0 Å². The van der Waals surface area contributed by atoms with Gasteiger partial charge in [-0.1, -0.05) is 0 Å². The van der Waals surface area contributed by atoms with Crippen LogP contribution in [0.25, 0.3) is 4.85 Å². The molecule has 1 saturated carbocycles. The number of carbonyl (C=O) groups excluding carboxylic acids is 1. The molecule has 1 aromatic heterocycles. The van der Waals surface area contributed by atoms with Crippen molar-refractivity contribution in [1.82, 2.24) is 9.78 Å². The number of nitrogens with zero attached hydrogens (tertiary/aromatic N) is 3. The van der Waals surface area contributed by atoms with Gasteiger partial charge in [-0.25, -0.2) is 13.3 Å². The second-order valence-electron chi connectivity index (χ2n) is 5.75. The van der Waals surface area contributed by atoms with E-state index >= 15 is 0 Å². The number of carbonyl (C=O) groups is 1. The van der Waals surface area contributed by atoms with Crippen molar-refractivity contribution in [2.45, 2.75) is 36.6 Å². The number of hydrogen-bond donors (Lipinski definition) is 1. The Morgan fingerprint density at radius 3 is 2.56 bits per heavy atom. The smallest absolute Gasteiger partial charge is 0.309 e. The molecule has 0 aromatic carbocycles. The second-order valence-corrected chi connectivity index (χ2v) is 8.62. The van der Waals surface area contributed by atoms with Crippen LogP contribution in [0.15, 0.2) is 6.20 Å². The van der Waals surface area contributed by atoms with Crippen LogP contribution in [0.1, 0.15) is 25.8 Å². The Hall–Kier alpha value is -1.50. The molecule has 1 N–H and O–H groups in total. The lowest BCUT2D eigenvalue weighted by atomic mass is 9.85. The lowest BCUT2D eigenvalue weighted by Crippen LogP contribution is -2.40. The van der Waals surface area contributed by atoms with Crippen molar-refractivity contribution in [2.24, 2.45) is 5.92 Å². The minimum Gasteiger partial charge on any atom is -0.466 e. The predicted octanol–water partition coefficient (Wildman–Crippen LogP) is 2.53. The van der Waals surface area contributed by atoms with Gasteiger partial charge < -0.3 is 4.74 Å². The van der Waals surface area contributed by atoms with E-state index in [0.717, 1.165) is 6.26 Å². The van der Waals surface area contributed by atoms with Crippen molar-refractivity contribution in [2.75, 3.05) is 17.6 Å². The van der Waals surface area contributed by atoms with Gasteiger partial charge in [0.2, 0.25) is 15.7 Å². The minimum absolute atomic E-state index is 0.0217. The number of esters is 1. The number of hydrogen-bond acceptors (Lipinski definition) is 5. The molecule has 138 valence electrons. The molecule has 0 radical (unpaired) electrons. The van der Waals surface area contributed by atoms with Crippen LogP contribution >= 0.6 is 23.2 Å². The van der Waals surface area contributed by atoms with Crippen LogP contribution < -0.4 is 4.72 Å². The minimum atomic E-state index is -3.62. The van der Waals surface area contributed by atoms with Crippen molar-refractivity contribution >= 4 is 50.7 Å². The summed E-state index contributed by atoms with van der Waals surface area (Å²) in [5.41, 5.74) is 0.0469. The molecule has 0 amide bonds. The summed E-state index contributed by atoms with van der Waals surface area (Å²) in [6, 6.07) is -0.575. The molecule has 0 spiro atoms. The van der Waals surface area contributed by atoms with Crippen LogP contribution in [0, 0.1) is 12.5 Å². The Morgan fingerprint density at radius 2 is 2.08 bits per heavy atom. The number of anilines is 1. The molecule has 1 heterocycles. The third-order valence-electron chi connectivity index (χ3n) is 3.84. The predicted molar refractivity (Wildman–Crippen MR) is 94.6 cm³/mol. The third kappa shape index (κ3) is 4.57. The summed E-state index contributed by atoms with van der Waals surface area (Å²) in [6.45, 7) is 9.16. The molecule has 0 aliphatic heterocycles. The highest BCUT2D eigenvalue weighted by Crippen LogP contribution is 2.42. The fraction of sp³-hybridized carbons (Fsp3) is 0.643. The van der Waals surface area contributed by atoms with E-state index in [9.17, 15) is 13.2 Å². The summed E-state index contributed by atoms with van der Waals surface area (Å²) in [7, 11) is -3.62. The second kappa shape index (κ2) is 7.81. The molecule has 0 bridgehead atoms. The summed E-state index contributed by atoms with van der Waals surface area (Å²) < 4.78 is 31.8. The van der Waals surface area contributed by atoms with Gasteiger partial charge in [0.15, 0.2) is 0 Å². The van der Waals surface area contributed by atoms with Gasteiger partial charge in [-0.3, -0.25) is 14.2 Å². The molecule has 1 aliphatic rings. The molecule has 1 aromatic rings. The average Bonchev–Trinajstić information content (AvgIpc) is 2.87. The number of rotatable bonds is 5. The molecule has 2 unspecified atom stereocenters. The highest BCUT2D eigenvalue weighted by atomic mass is 35.5. The zero-order valence-corrected chi connectivity index (χ0v) is 16.0. The van der Waals surface area contributed by atoms with E-state index in [-0.39, 0.29) is 24.1 Å². The maximum atomic E-state index is 11.9. The summed E-state index contributed by atoms with van der Waals surface area (Å²) in [5, 5.41) is 2.93. The fourth-order valence-corrected chi connectivity index (χ4v) is 4.46. The Kier molecular flexibility index (Phi) is 6.19. The van der Waals surface area contributed by atoms with E-state index in [1.807, 2.05) is 0 Å². The van der Waals surface area contributed by atoms with Crippen molar-refractivity contribution in [3.63, 3.8) is 0 Å². The maximum absolute atomic E-state index is 11.9. The first-order valence-corrected chi connectivity index (χ1v) is 10.3. The standard InChI is InChI=1S/C14H18Cl2N4O4S/c1-4-24-14(21)8-5-9(15)12(10(16)6-8)20-13(19-25(3,22)23)11(17-2)7-18-20/h7-10,12,19H,4-6H2,1,3H3. The number of halogens is 2. The van der Waals surface area contributed by atoms with Gasteiger partial charge in [-0.05, 0) is 19.8 Å². The summed E-state index contributed by atoms with van der Waals surface area (Å²) in [6.07, 6.45) is 2.87. The van der Waals surface area contributed by atoms with Crippen LogP contribution in [0.3, 0.4) is 0 Å². The van der Waals surface area contributed by atoms with Gasteiger partial charge in [0.05, 0.1) is 48.3 Å². The summed E-state index contributed by atoms with van der Waals surface area (Å²) in [4.78, 5) is 15.2. The van der Waals surface area contributed by atoms with Crippen LogP contribution in [-0.4, -0.2) is 47.8 Å². The first-order chi connectivity index (χ1) is 11.7. The average molecular weight is 409 g/mol. The third-order valence-corrected chi connectivity index (χ3v) is 5.28. The number of alkyl halides is 2. The van der Waals surface area contributed by atoms with Crippen LogP contribution in [0.2, 0.25) is 0 Å². The molecular weight excluding hydrogens is 391 g/mol. The van der Waals surface area contributed by atoms with Crippen molar-refractivity contribution in [3.8, 4) is 0 Å². The Balaban J connectivity index is 2.32. The van der Waals surface area contributed by atoms with Gasteiger partial charge in [0.1, 0.15) is 5.82 Å². The highest BCUT2D eigenvalue weighted by molar-refractivity contribution is 7.92. The maximum Gasteiger partial charge on any atom is 0.309 e. The van der Waals surface area contributed by atoms with Crippen molar-refractivity contribution < 1.29 is 17.9 Å². The molecule has 25 heavy (non-hydrogen) atoms. The van der Waals surface area contributed by atoms with Gasteiger partial charge in [-0.15, -0.1) is 23.2 Å². The Labute approximate surface area is 156 Å². The Bertz CT molecular complexity index is 777. The molecule has 2 atom stereocenters. The molecule has 8 nitrogen and oxygen atoms in total. The largest absolute Gasteiger partial charge is 0.466 e. The first-order valence-electron chi connectivity index (χ1n) is 7.55. The topological polar surface area (TPSA) is 94.7 Å². The van der Waals surface area contributed by atoms with Crippen molar-refractivity contribution in [3.05, 3.63) is 17.6 Å². The highest BCUT2D eigenvalue weighted by Gasteiger charge is 2.42. The molecule has 1 aliphatic carbocycles. The van der Waals surface area contributed by atoms with Gasteiger partial charge in [-0.2, -0.15) is 5.10 Å². The molecule has 1 fully saturated rings. The van der Waals surface area contributed by atoms with E-state index < -0.39 is 32.7 Å². The zero-order chi connectivity index (χ0) is 18.8. The number of ether oxygens (including phenoxy) is 1. The molecule has 11 heteroatoms. The normalized spacial score (nSPS) is 26.7. The quantitative estimate of drug-likeness (QED) is 0.458. The summed E-state index contributed by atoms with van der Waals surface area (Å²) in [5.74, 6) is -0.758. The van der Waals surface area contributed by atoms with Crippen LogP contribution in [0.5, 0.6) is 0 Å². The summed E-state index contributed by atoms with van der Waals surface area (Å²) >= 11 is 12.9. The van der Waals surface area contributed by atoms with Crippen LogP contribution in [-0.2, 0) is 19.6 Å². The van der Waals surface area contributed by atoms with E-state index in [4.69, 9.17) is 34.5 Å². The van der Waals surface area contributed by atoms with E-state index in [1.54, 1.807) is 6.92 Å². The van der Waals surface area contributed by atoms with E-state index in [1.165, 1.54) is 10.9 Å².